The molecule has 0 aliphatic heterocycles. The lowest BCUT2D eigenvalue weighted by Gasteiger charge is -2.06. The highest BCUT2D eigenvalue weighted by molar-refractivity contribution is 5.46. The Morgan fingerprint density at radius 2 is 2.00 bits per heavy atom. The van der Waals surface area contributed by atoms with Gasteiger partial charge in [-0.1, -0.05) is 17.3 Å². The first-order valence-corrected chi connectivity index (χ1v) is 5.82. The minimum absolute atomic E-state index is 0.449. The monoisotopic (exact) mass is 241 g/mol. The van der Waals surface area contributed by atoms with E-state index >= 15 is 0 Å². The van der Waals surface area contributed by atoms with Crippen molar-refractivity contribution in [1.82, 2.24) is 5.16 Å². The molecule has 0 saturated heterocycles. The highest BCUT2D eigenvalue weighted by atomic mass is 16.5. The van der Waals surface area contributed by atoms with Gasteiger partial charge in [0, 0.05) is 17.8 Å². The molecular weight excluding hydrogens is 226 g/mol. The zero-order valence-corrected chi connectivity index (χ0v) is 10.5. The molecule has 2 rings (SSSR count). The first kappa shape index (κ1) is 12.2. The van der Waals surface area contributed by atoms with E-state index in [2.05, 4.69) is 16.5 Å². The molecule has 0 aliphatic carbocycles. The number of nitrogens with zero attached hydrogens (tertiary/aromatic N) is 2. The van der Waals surface area contributed by atoms with E-state index in [0.29, 0.717) is 13.0 Å². The number of anilines is 1. The van der Waals surface area contributed by atoms with Crippen LogP contribution < -0.4 is 5.32 Å². The van der Waals surface area contributed by atoms with Crippen molar-refractivity contribution in [2.24, 2.45) is 0 Å². The number of nitrogens with one attached hydrogen (secondary N) is 1. The van der Waals surface area contributed by atoms with Crippen molar-refractivity contribution in [3.8, 4) is 6.07 Å². The topological polar surface area (TPSA) is 61.9 Å². The molecule has 1 aromatic heterocycles. The molecule has 0 saturated carbocycles. The molecular formula is C14H15N3O. The minimum Gasteiger partial charge on any atom is -0.381 e. The molecule has 1 heterocycles. The third kappa shape index (κ3) is 2.69. The Hall–Kier alpha value is -2.28. The second-order valence-electron chi connectivity index (χ2n) is 4.19. The van der Waals surface area contributed by atoms with Gasteiger partial charge in [-0.2, -0.15) is 5.26 Å². The first-order chi connectivity index (χ1) is 8.70. The van der Waals surface area contributed by atoms with Crippen molar-refractivity contribution >= 4 is 5.69 Å². The van der Waals surface area contributed by atoms with Crippen LogP contribution in [0.5, 0.6) is 0 Å². The van der Waals surface area contributed by atoms with Crippen LogP contribution in [0.4, 0.5) is 5.69 Å². The summed E-state index contributed by atoms with van der Waals surface area (Å²) in [5.41, 5.74) is 4.06. The molecule has 0 amide bonds. The van der Waals surface area contributed by atoms with E-state index in [4.69, 9.17) is 9.78 Å². The summed E-state index contributed by atoms with van der Waals surface area (Å²) in [6, 6.07) is 10.0. The molecule has 92 valence electrons. The molecule has 4 nitrogen and oxygen atoms in total. The van der Waals surface area contributed by atoms with Gasteiger partial charge in [-0.3, -0.25) is 0 Å². The van der Waals surface area contributed by atoms with Crippen molar-refractivity contribution < 1.29 is 4.52 Å². The molecule has 0 unspecified atom stereocenters. The van der Waals surface area contributed by atoms with Crippen LogP contribution in [0.15, 0.2) is 28.8 Å². The normalized spacial score (nSPS) is 10.1. The summed E-state index contributed by atoms with van der Waals surface area (Å²) >= 11 is 0. The predicted molar refractivity (Wildman–Crippen MR) is 69.1 cm³/mol. The van der Waals surface area contributed by atoms with Crippen molar-refractivity contribution in [2.75, 3.05) is 5.32 Å². The highest BCUT2D eigenvalue weighted by Gasteiger charge is 2.07. The lowest BCUT2D eigenvalue weighted by molar-refractivity contribution is 0.392. The molecule has 18 heavy (non-hydrogen) atoms. The highest BCUT2D eigenvalue weighted by Crippen LogP contribution is 2.16. The maximum Gasteiger partial charge on any atom is 0.138 e. The molecule has 0 radical (unpaired) electrons. The third-order valence-corrected chi connectivity index (χ3v) is 2.89. The number of hydrogen-bond acceptors (Lipinski definition) is 4. The van der Waals surface area contributed by atoms with E-state index in [9.17, 15) is 0 Å². The van der Waals surface area contributed by atoms with Crippen molar-refractivity contribution in [3.63, 3.8) is 0 Å². The fourth-order valence-corrected chi connectivity index (χ4v) is 1.78. The summed E-state index contributed by atoms with van der Waals surface area (Å²) in [6.45, 7) is 4.54. The summed E-state index contributed by atoms with van der Waals surface area (Å²) in [6.07, 6.45) is 0.449. The Morgan fingerprint density at radius 3 is 2.56 bits per heavy atom. The second-order valence-corrected chi connectivity index (χ2v) is 4.19. The SMILES string of the molecule is Cc1noc(C)c1CNc1ccc(CC#N)cc1. The van der Waals surface area contributed by atoms with Gasteiger partial charge in [0.05, 0.1) is 18.2 Å². The molecule has 0 fully saturated rings. The van der Waals surface area contributed by atoms with Crippen LogP contribution in [0.2, 0.25) is 0 Å². The smallest absolute Gasteiger partial charge is 0.138 e. The van der Waals surface area contributed by atoms with Gasteiger partial charge in [-0.25, -0.2) is 0 Å². The number of nitriles is 1. The lowest BCUT2D eigenvalue weighted by atomic mass is 10.1. The van der Waals surface area contributed by atoms with Crippen LogP contribution in [0.3, 0.4) is 0 Å². The predicted octanol–water partition coefficient (Wildman–Crippen LogP) is 2.97. The van der Waals surface area contributed by atoms with Crippen LogP contribution in [-0.4, -0.2) is 5.16 Å². The largest absolute Gasteiger partial charge is 0.381 e. The maximum atomic E-state index is 8.60. The fraction of sp³-hybridized carbons (Fsp3) is 0.286. The number of hydrogen-bond donors (Lipinski definition) is 1. The Labute approximate surface area is 106 Å². The summed E-state index contributed by atoms with van der Waals surface area (Å²) < 4.78 is 5.11. The van der Waals surface area contributed by atoms with Gasteiger partial charge in [0.25, 0.3) is 0 Å². The summed E-state index contributed by atoms with van der Waals surface area (Å²) in [5.74, 6) is 0.848. The summed E-state index contributed by atoms with van der Waals surface area (Å²) in [4.78, 5) is 0. The molecule has 0 spiro atoms. The third-order valence-electron chi connectivity index (χ3n) is 2.89. The zero-order chi connectivity index (χ0) is 13.0. The molecule has 1 aromatic carbocycles. The standard InChI is InChI=1S/C14H15N3O/c1-10-14(11(2)18-17-10)9-16-13-5-3-12(4-6-13)7-8-15/h3-6,16H,7,9H2,1-2H3. The van der Waals surface area contributed by atoms with Gasteiger partial charge in [0.1, 0.15) is 5.76 Å². The van der Waals surface area contributed by atoms with Gasteiger partial charge >= 0.3 is 0 Å². The Balaban J connectivity index is 2.00. The van der Waals surface area contributed by atoms with E-state index in [1.165, 1.54) is 0 Å². The van der Waals surface area contributed by atoms with E-state index in [0.717, 1.165) is 28.3 Å². The van der Waals surface area contributed by atoms with Gasteiger partial charge in [-0.15, -0.1) is 0 Å². The number of aromatic nitrogens is 1. The van der Waals surface area contributed by atoms with Crippen LogP contribution in [-0.2, 0) is 13.0 Å². The van der Waals surface area contributed by atoms with Gasteiger partial charge in [0.15, 0.2) is 0 Å². The van der Waals surface area contributed by atoms with E-state index < -0.39 is 0 Å². The van der Waals surface area contributed by atoms with Crippen LogP contribution in [0, 0.1) is 25.2 Å². The lowest BCUT2D eigenvalue weighted by Crippen LogP contribution is -2.01. The number of benzene rings is 1. The van der Waals surface area contributed by atoms with Gasteiger partial charge < -0.3 is 9.84 Å². The van der Waals surface area contributed by atoms with Crippen LogP contribution in [0.1, 0.15) is 22.6 Å². The zero-order valence-electron chi connectivity index (χ0n) is 10.5. The molecule has 1 N–H and O–H groups in total. The Kier molecular flexibility index (Phi) is 3.63. The van der Waals surface area contributed by atoms with E-state index in [1.54, 1.807) is 0 Å². The second kappa shape index (κ2) is 5.37. The van der Waals surface area contributed by atoms with Crippen LogP contribution >= 0.6 is 0 Å². The molecule has 0 atom stereocenters. The van der Waals surface area contributed by atoms with Crippen molar-refractivity contribution in [2.45, 2.75) is 26.8 Å². The molecule has 0 bridgehead atoms. The van der Waals surface area contributed by atoms with Crippen molar-refractivity contribution in [1.29, 1.82) is 5.26 Å². The minimum atomic E-state index is 0.449. The molecule has 0 aliphatic rings. The average molecular weight is 241 g/mol. The number of aryl methyl sites for hydroxylation is 2. The van der Waals surface area contributed by atoms with Crippen molar-refractivity contribution in [3.05, 3.63) is 46.8 Å². The maximum absolute atomic E-state index is 8.60. The summed E-state index contributed by atoms with van der Waals surface area (Å²) in [7, 11) is 0. The summed E-state index contributed by atoms with van der Waals surface area (Å²) in [5, 5.41) is 15.8. The fourth-order valence-electron chi connectivity index (χ4n) is 1.78. The number of rotatable bonds is 4. The van der Waals surface area contributed by atoms with Gasteiger partial charge in [-0.05, 0) is 31.5 Å². The molecule has 4 heteroatoms. The van der Waals surface area contributed by atoms with E-state index in [1.807, 2.05) is 38.1 Å². The Bertz CT molecular complexity index is 544. The van der Waals surface area contributed by atoms with Crippen LogP contribution in [0.25, 0.3) is 0 Å². The quantitative estimate of drug-likeness (QED) is 0.893. The Morgan fingerprint density at radius 1 is 1.28 bits per heavy atom. The van der Waals surface area contributed by atoms with E-state index in [-0.39, 0.29) is 0 Å². The molecule has 2 aromatic rings. The first-order valence-electron chi connectivity index (χ1n) is 5.82. The average Bonchev–Trinajstić information content (AvgIpc) is 2.69. The van der Waals surface area contributed by atoms with Gasteiger partial charge in [0.2, 0.25) is 0 Å².